The van der Waals surface area contributed by atoms with Crippen LogP contribution in [0.25, 0.3) is 10.9 Å². The van der Waals surface area contributed by atoms with Gasteiger partial charge >= 0.3 is 0 Å². The highest BCUT2D eigenvalue weighted by Crippen LogP contribution is 2.16. The van der Waals surface area contributed by atoms with Crippen LogP contribution in [0, 0.1) is 0 Å². The van der Waals surface area contributed by atoms with Crippen LogP contribution in [0.4, 0.5) is 0 Å². The fourth-order valence-corrected chi connectivity index (χ4v) is 3.42. The SMILES string of the molecule is CN=C(NCCCn1ccc2ccccc21)NCC(c1cnn(C)c1)N(C)C. The first-order valence-corrected chi connectivity index (χ1v) is 9.72. The first-order chi connectivity index (χ1) is 13.6. The number of aromatic nitrogens is 3. The Labute approximate surface area is 167 Å². The zero-order valence-electron chi connectivity index (χ0n) is 17.3. The Morgan fingerprint density at radius 3 is 2.75 bits per heavy atom. The number of hydrogen-bond acceptors (Lipinski definition) is 3. The predicted octanol–water partition coefficient (Wildman–Crippen LogP) is 2.23. The highest BCUT2D eigenvalue weighted by atomic mass is 15.3. The Kier molecular flexibility index (Phi) is 6.71. The molecule has 7 nitrogen and oxygen atoms in total. The molecule has 2 N–H and O–H groups in total. The Balaban J connectivity index is 1.46. The van der Waals surface area contributed by atoms with Crippen LogP contribution in [-0.4, -0.2) is 59.4 Å². The van der Waals surface area contributed by atoms with Gasteiger partial charge in [-0.15, -0.1) is 0 Å². The lowest BCUT2D eigenvalue weighted by Gasteiger charge is -2.24. The van der Waals surface area contributed by atoms with E-state index in [1.165, 1.54) is 16.5 Å². The van der Waals surface area contributed by atoms with Crippen molar-refractivity contribution in [1.82, 2.24) is 29.9 Å². The average molecular weight is 382 g/mol. The van der Waals surface area contributed by atoms with E-state index in [2.05, 4.69) is 87.0 Å². The van der Waals surface area contributed by atoms with Crippen LogP contribution >= 0.6 is 0 Å². The Hall–Kier alpha value is -2.80. The van der Waals surface area contributed by atoms with Gasteiger partial charge in [-0.05, 0) is 38.0 Å². The summed E-state index contributed by atoms with van der Waals surface area (Å²) in [5, 5.41) is 12.4. The predicted molar refractivity (Wildman–Crippen MR) is 116 cm³/mol. The molecule has 0 bridgehead atoms. The molecule has 150 valence electrons. The zero-order valence-corrected chi connectivity index (χ0v) is 17.3. The van der Waals surface area contributed by atoms with Crippen molar-refractivity contribution in [2.24, 2.45) is 12.0 Å². The number of guanidine groups is 1. The van der Waals surface area contributed by atoms with E-state index < -0.39 is 0 Å². The van der Waals surface area contributed by atoms with E-state index in [-0.39, 0.29) is 6.04 Å². The van der Waals surface area contributed by atoms with Crippen LogP contribution < -0.4 is 10.6 Å². The number of rotatable bonds is 8. The number of nitrogens with one attached hydrogen (secondary N) is 2. The molecule has 0 fully saturated rings. The minimum Gasteiger partial charge on any atom is -0.356 e. The van der Waals surface area contributed by atoms with Gasteiger partial charge in [-0.3, -0.25) is 9.67 Å². The largest absolute Gasteiger partial charge is 0.356 e. The maximum absolute atomic E-state index is 4.35. The molecule has 1 atom stereocenters. The normalized spacial score (nSPS) is 13.2. The van der Waals surface area contributed by atoms with Gasteiger partial charge in [0.2, 0.25) is 0 Å². The smallest absolute Gasteiger partial charge is 0.191 e. The monoisotopic (exact) mass is 381 g/mol. The Morgan fingerprint density at radius 1 is 1.21 bits per heavy atom. The second-order valence-electron chi connectivity index (χ2n) is 7.23. The van der Waals surface area contributed by atoms with Crippen molar-refractivity contribution < 1.29 is 0 Å². The molecular weight excluding hydrogens is 350 g/mol. The van der Waals surface area contributed by atoms with Gasteiger partial charge in [0.15, 0.2) is 5.96 Å². The molecule has 0 saturated heterocycles. The number of likely N-dealkylation sites (N-methyl/N-ethyl adjacent to an activating group) is 1. The molecule has 3 aromatic rings. The summed E-state index contributed by atoms with van der Waals surface area (Å²) in [6, 6.07) is 10.9. The van der Waals surface area contributed by atoms with E-state index in [0.29, 0.717) is 0 Å². The number of nitrogens with zero attached hydrogens (tertiary/aromatic N) is 5. The molecular formula is C21H31N7. The molecule has 0 aliphatic carbocycles. The van der Waals surface area contributed by atoms with E-state index in [1.807, 2.05) is 25.0 Å². The maximum atomic E-state index is 4.35. The summed E-state index contributed by atoms with van der Waals surface area (Å²) in [6.07, 6.45) is 7.17. The lowest BCUT2D eigenvalue weighted by molar-refractivity contribution is 0.298. The molecule has 0 aliphatic heterocycles. The van der Waals surface area contributed by atoms with Gasteiger partial charge in [0.25, 0.3) is 0 Å². The topological polar surface area (TPSA) is 62.4 Å². The van der Waals surface area contributed by atoms with Crippen molar-refractivity contribution in [3.8, 4) is 0 Å². The number of aliphatic imine (C=N–C) groups is 1. The molecule has 2 aromatic heterocycles. The summed E-state index contributed by atoms with van der Waals surface area (Å²) in [5.74, 6) is 0.827. The van der Waals surface area contributed by atoms with Crippen LogP contribution in [0.3, 0.4) is 0 Å². The third-order valence-corrected chi connectivity index (χ3v) is 4.97. The van der Waals surface area contributed by atoms with Gasteiger partial charge in [-0.25, -0.2) is 0 Å². The zero-order chi connectivity index (χ0) is 19.9. The summed E-state index contributed by atoms with van der Waals surface area (Å²) in [4.78, 5) is 6.54. The van der Waals surface area contributed by atoms with Crippen LogP contribution in [0.15, 0.2) is 53.9 Å². The van der Waals surface area contributed by atoms with Crippen LogP contribution in [0.5, 0.6) is 0 Å². The fourth-order valence-electron chi connectivity index (χ4n) is 3.42. The number of aryl methyl sites for hydroxylation is 2. The second kappa shape index (κ2) is 9.41. The van der Waals surface area contributed by atoms with Crippen molar-refractivity contribution in [3.63, 3.8) is 0 Å². The molecule has 3 rings (SSSR count). The van der Waals surface area contributed by atoms with Crippen molar-refractivity contribution in [2.45, 2.75) is 19.0 Å². The molecule has 28 heavy (non-hydrogen) atoms. The number of fused-ring (bicyclic) bond motifs is 1. The molecule has 1 aromatic carbocycles. The summed E-state index contributed by atoms with van der Waals surface area (Å²) >= 11 is 0. The van der Waals surface area contributed by atoms with Crippen molar-refractivity contribution >= 4 is 16.9 Å². The maximum Gasteiger partial charge on any atom is 0.191 e. The van der Waals surface area contributed by atoms with Gasteiger partial charge in [-0.1, -0.05) is 18.2 Å². The number of benzene rings is 1. The van der Waals surface area contributed by atoms with Gasteiger partial charge in [0.05, 0.1) is 12.2 Å². The molecule has 0 amide bonds. The van der Waals surface area contributed by atoms with E-state index in [1.54, 1.807) is 0 Å². The van der Waals surface area contributed by atoms with E-state index in [0.717, 1.165) is 32.0 Å². The number of hydrogen-bond donors (Lipinski definition) is 2. The minimum absolute atomic E-state index is 0.235. The highest BCUT2D eigenvalue weighted by Gasteiger charge is 2.16. The Morgan fingerprint density at radius 2 is 2.04 bits per heavy atom. The molecule has 2 heterocycles. The fraction of sp³-hybridized carbons (Fsp3) is 0.429. The third kappa shape index (κ3) is 4.92. The van der Waals surface area contributed by atoms with E-state index in [9.17, 15) is 0 Å². The first kappa shape index (κ1) is 19.9. The van der Waals surface area contributed by atoms with Crippen molar-refractivity contribution in [1.29, 1.82) is 0 Å². The highest BCUT2D eigenvalue weighted by molar-refractivity contribution is 5.80. The first-order valence-electron chi connectivity index (χ1n) is 9.72. The van der Waals surface area contributed by atoms with E-state index in [4.69, 9.17) is 0 Å². The average Bonchev–Trinajstić information content (AvgIpc) is 3.30. The van der Waals surface area contributed by atoms with E-state index >= 15 is 0 Å². The number of para-hydroxylation sites is 1. The quantitative estimate of drug-likeness (QED) is 0.357. The summed E-state index contributed by atoms with van der Waals surface area (Å²) in [7, 11) is 7.91. The molecule has 0 radical (unpaired) electrons. The van der Waals surface area contributed by atoms with Crippen molar-refractivity contribution in [3.05, 3.63) is 54.5 Å². The summed E-state index contributed by atoms with van der Waals surface area (Å²) < 4.78 is 4.14. The van der Waals surface area contributed by atoms with Gasteiger partial charge < -0.3 is 20.1 Å². The standard InChI is InChI=1S/C21H31N7/c1-22-21(24-15-20(26(2)3)18-14-25-27(4)16-18)23-11-7-12-28-13-10-17-8-5-6-9-19(17)28/h5-6,8-10,13-14,16,20H,7,11-12,15H2,1-4H3,(H2,22,23,24). The van der Waals surface area contributed by atoms with Gasteiger partial charge in [0, 0.05) is 57.2 Å². The van der Waals surface area contributed by atoms with Gasteiger partial charge in [0.1, 0.15) is 0 Å². The lowest BCUT2D eigenvalue weighted by Crippen LogP contribution is -2.42. The second-order valence-corrected chi connectivity index (χ2v) is 7.23. The Bertz CT molecular complexity index is 906. The van der Waals surface area contributed by atoms with Gasteiger partial charge in [-0.2, -0.15) is 5.10 Å². The summed E-state index contributed by atoms with van der Waals surface area (Å²) in [6.45, 7) is 2.61. The third-order valence-electron chi connectivity index (χ3n) is 4.97. The molecule has 1 unspecified atom stereocenters. The molecule has 0 saturated carbocycles. The molecule has 0 spiro atoms. The molecule has 7 heteroatoms. The van der Waals surface area contributed by atoms with Crippen LogP contribution in [0.1, 0.15) is 18.0 Å². The summed E-state index contributed by atoms with van der Waals surface area (Å²) in [5.41, 5.74) is 2.48. The van der Waals surface area contributed by atoms with Crippen molar-refractivity contribution in [2.75, 3.05) is 34.2 Å². The van der Waals surface area contributed by atoms with Crippen LogP contribution in [-0.2, 0) is 13.6 Å². The van der Waals surface area contributed by atoms with Crippen LogP contribution in [0.2, 0.25) is 0 Å². The minimum atomic E-state index is 0.235. The lowest BCUT2D eigenvalue weighted by atomic mass is 10.1. The molecule has 0 aliphatic rings.